The molecule has 9 heteroatoms. The van der Waals surface area contributed by atoms with E-state index in [-0.39, 0.29) is 30.4 Å². The molecule has 0 unspecified atom stereocenters. The van der Waals surface area contributed by atoms with E-state index in [4.69, 9.17) is 4.74 Å². The molecule has 0 spiro atoms. The van der Waals surface area contributed by atoms with Gasteiger partial charge in [-0.15, -0.1) is 11.3 Å². The summed E-state index contributed by atoms with van der Waals surface area (Å²) in [5.74, 6) is -1.05. The summed E-state index contributed by atoms with van der Waals surface area (Å²) in [4.78, 5) is 44.6. The summed E-state index contributed by atoms with van der Waals surface area (Å²) in [5.41, 5.74) is 2.43. The monoisotopic (exact) mass is 533 g/mol. The maximum atomic E-state index is 13.9. The molecular formula is C29H28FN3O4S. The normalized spacial score (nSPS) is 13.7. The van der Waals surface area contributed by atoms with Crippen molar-refractivity contribution in [1.29, 1.82) is 0 Å². The zero-order valence-electron chi connectivity index (χ0n) is 21.3. The molecule has 0 radical (unpaired) electrons. The molecule has 1 aliphatic heterocycles. The second kappa shape index (κ2) is 10.8. The average Bonchev–Trinajstić information content (AvgIpc) is 3.46. The molecule has 0 bridgehead atoms. The molecule has 196 valence electrons. The Kier molecular flexibility index (Phi) is 7.28. The van der Waals surface area contributed by atoms with Crippen molar-refractivity contribution in [1.82, 2.24) is 9.47 Å². The predicted molar refractivity (Wildman–Crippen MR) is 147 cm³/mol. The SMILES string of the molecule is CCOC(=O)c1c(N2CCN(C(=O)c3cccs3)CC2)c2cc(C)ccc2n(Cc2ccc(F)cc2)c1=O. The molecule has 38 heavy (non-hydrogen) atoms. The van der Waals surface area contributed by atoms with E-state index >= 15 is 0 Å². The van der Waals surface area contributed by atoms with Crippen LogP contribution in [-0.2, 0) is 11.3 Å². The van der Waals surface area contributed by atoms with Gasteiger partial charge in [-0.1, -0.05) is 29.8 Å². The second-order valence-corrected chi connectivity index (χ2v) is 10.2. The third-order valence-corrected chi connectivity index (χ3v) is 7.60. The standard InChI is InChI=1S/C29H28FN3O4S/c1-3-37-29(36)25-26(31-12-14-32(15-13-31)27(34)24-5-4-16-38-24)22-17-19(2)6-11-23(22)33(28(25)35)18-20-7-9-21(30)10-8-20/h4-11,16-17H,3,12-15,18H2,1-2H3. The first-order valence-electron chi connectivity index (χ1n) is 12.5. The number of fused-ring (bicyclic) bond motifs is 1. The van der Waals surface area contributed by atoms with Gasteiger partial charge in [-0.05, 0) is 55.1 Å². The number of thiophene rings is 1. The lowest BCUT2D eigenvalue weighted by Gasteiger charge is -2.37. The van der Waals surface area contributed by atoms with Crippen LogP contribution in [-0.4, -0.2) is 54.1 Å². The van der Waals surface area contributed by atoms with E-state index in [1.54, 1.807) is 28.5 Å². The number of halogens is 1. The number of rotatable bonds is 6. The number of anilines is 1. The van der Waals surface area contributed by atoms with Crippen molar-refractivity contribution >= 4 is 39.8 Å². The third-order valence-electron chi connectivity index (χ3n) is 6.74. The zero-order chi connectivity index (χ0) is 26.8. The van der Waals surface area contributed by atoms with Crippen molar-refractivity contribution < 1.29 is 18.7 Å². The zero-order valence-corrected chi connectivity index (χ0v) is 22.1. The molecule has 2 aromatic heterocycles. The molecule has 1 amide bonds. The Morgan fingerprint density at radius 3 is 2.42 bits per heavy atom. The summed E-state index contributed by atoms with van der Waals surface area (Å²) >= 11 is 1.41. The highest BCUT2D eigenvalue weighted by Crippen LogP contribution is 2.32. The number of ether oxygens (including phenoxy) is 1. The van der Waals surface area contributed by atoms with E-state index < -0.39 is 11.5 Å². The first kappa shape index (κ1) is 25.7. The molecule has 3 heterocycles. The molecule has 0 aliphatic carbocycles. The number of aryl methyl sites for hydroxylation is 1. The highest BCUT2D eigenvalue weighted by atomic mass is 32.1. The number of nitrogens with zero attached hydrogens (tertiary/aromatic N) is 3. The van der Waals surface area contributed by atoms with Crippen LogP contribution in [0.25, 0.3) is 10.9 Å². The van der Waals surface area contributed by atoms with Crippen LogP contribution in [0.5, 0.6) is 0 Å². The third kappa shape index (κ3) is 4.93. The molecule has 0 saturated carbocycles. The molecular weight excluding hydrogens is 505 g/mol. The van der Waals surface area contributed by atoms with Gasteiger partial charge in [-0.3, -0.25) is 9.59 Å². The van der Waals surface area contributed by atoms with Crippen molar-refractivity contribution in [3.05, 3.63) is 97.7 Å². The number of carbonyl (C=O) groups excluding carboxylic acids is 2. The van der Waals surface area contributed by atoms with Crippen LogP contribution in [0.1, 0.15) is 38.1 Å². The van der Waals surface area contributed by atoms with Gasteiger partial charge in [-0.2, -0.15) is 0 Å². The lowest BCUT2D eigenvalue weighted by atomic mass is 10.0. The highest BCUT2D eigenvalue weighted by molar-refractivity contribution is 7.12. The second-order valence-electron chi connectivity index (χ2n) is 9.24. The number of esters is 1. The van der Waals surface area contributed by atoms with E-state index in [1.165, 1.54) is 23.5 Å². The highest BCUT2D eigenvalue weighted by Gasteiger charge is 2.30. The van der Waals surface area contributed by atoms with Gasteiger partial charge in [0.1, 0.15) is 11.4 Å². The van der Waals surface area contributed by atoms with E-state index in [0.29, 0.717) is 42.3 Å². The van der Waals surface area contributed by atoms with Crippen LogP contribution in [0.3, 0.4) is 0 Å². The van der Waals surface area contributed by atoms with Gasteiger partial charge in [0.2, 0.25) is 0 Å². The van der Waals surface area contributed by atoms with Crippen molar-refractivity contribution in [2.45, 2.75) is 20.4 Å². The van der Waals surface area contributed by atoms with Crippen LogP contribution >= 0.6 is 11.3 Å². The van der Waals surface area contributed by atoms with Gasteiger partial charge in [0.05, 0.1) is 29.2 Å². The van der Waals surface area contributed by atoms with Crippen LogP contribution in [0.15, 0.2) is 64.8 Å². The molecule has 4 aromatic rings. The minimum atomic E-state index is -0.680. The van der Waals surface area contributed by atoms with Crippen LogP contribution in [0.4, 0.5) is 10.1 Å². The van der Waals surface area contributed by atoms with Gasteiger partial charge >= 0.3 is 5.97 Å². The summed E-state index contributed by atoms with van der Waals surface area (Å²) in [5, 5.41) is 2.64. The summed E-state index contributed by atoms with van der Waals surface area (Å²) in [6.45, 7) is 5.83. The molecule has 1 fully saturated rings. The Balaban J connectivity index is 1.60. The smallest absolute Gasteiger partial charge is 0.345 e. The van der Waals surface area contributed by atoms with Crippen LogP contribution < -0.4 is 10.5 Å². The Hall–Kier alpha value is -3.98. The molecule has 5 rings (SSSR count). The van der Waals surface area contributed by atoms with Crippen molar-refractivity contribution in [3.8, 4) is 0 Å². The number of pyridine rings is 1. The molecule has 1 aliphatic rings. The van der Waals surface area contributed by atoms with Gasteiger partial charge in [-0.25, -0.2) is 9.18 Å². The Morgan fingerprint density at radius 1 is 1.03 bits per heavy atom. The summed E-state index contributed by atoms with van der Waals surface area (Å²) < 4.78 is 20.4. The summed E-state index contributed by atoms with van der Waals surface area (Å²) in [6, 6.07) is 15.4. The summed E-state index contributed by atoms with van der Waals surface area (Å²) in [7, 11) is 0. The maximum absolute atomic E-state index is 13.9. The fraction of sp³-hybridized carbons (Fsp3) is 0.276. The van der Waals surface area contributed by atoms with Crippen molar-refractivity contribution in [2.75, 3.05) is 37.7 Å². The lowest BCUT2D eigenvalue weighted by molar-refractivity contribution is 0.0523. The molecule has 0 atom stereocenters. The number of amides is 1. The predicted octanol–water partition coefficient (Wildman–Crippen LogP) is 4.70. The number of piperazine rings is 1. The fourth-order valence-corrected chi connectivity index (χ4v) is 5.58. The average molecular weight is 534 g/mol. The minimum Gasteiger partial charge on any atom is -0.462 e. The van der Waals surface area contributed by atoms with Crippen molar-refractivity contribution in [3.63, 3.8) is 0 Å². The topological polar surface area (TPSA) is 71.8 Å². The van der Waals surface area contributed by atoms with E-state index in [9.17, 15) is 18.8 Å². The minimum absolute atomic E-state index is 0.0133. The lowest BCUT2D eigenvalue weighted by Crippen LogP contribution is -2.49. The largest absolute Gasteiger partial charge is 0.462 e. The van der Waals surface area contributed by atoms with E-state index in [1.807, 2.05) is 47.5 Å². The molecule has 1 saturated heterocycles. The van der Waals surface area contributed by atoms with E-state index in [0.717, 1.165) is 16.5 Å². The number of hydrogen-bond acceptors (Lipinski definition) is 6. The molecule has 0 N–H and O–H groups in total. The van der Waals surface area contributed by atoms with Crippen molar-refractivity contribution in [2.24, 2.45) is 0 Å². The van der Waals surface area contributed by atoms with E-state index in [2.05, 4.69) is 0 Å². The van der Waals surface area contributed by atoms with Gasteiger partial charge in [0.15, 0.2) is 0 Å². The number of carbonyl (C=O) groups is 2. The molecule has 7 nitrogen and oxygen atoms in total. The first-order chi connectivity index (χ1) is 18.4. The maximum Gasteiger partial charge on any atom is 0.345 e. The van der Waals surface area contributed by atoms with Crippen LogP contribution in [0.2, 0.25) is 0 Å². The number of aromatic nitrogens is 1. The Bertz CT molecular complexity index is 1540. The number of hydrogen-bond donors (Lipinski definition) is 0. The Morgan fingerprint density at radius 2 is 1.76 bits per heavy atom. The fourth-order valence-electron chi connectivity index (χ4n) is 4.89. The van der Waals surface area contributed by atoms with Gasteiger partial charge in [0, 0.05) is 31.6 Å². The van der Waals surface area contributed by atoms with Gasteiger partial charge < -0.3 is 19.1 Å². The quantitative estimate of drug-likeness (QED) is 0.336. The van der Waals surface area contributed by atoms with Crippen LogP contribution in [0, 0.1) is 12.7 Å². The van der Waals surface area contributed by atoms with Gasteiger partial charge in [0.25, 0.3) is 11.5 Å². The Labute approximate surface area is 223 Å². The summed E-state index contributed by atoms with van der Waals surface area (Å²) in [6.07, 6.45) is 0. The first-order valence-corrected chi connectivity index (χ1v) is 13.4. The number of benzene rings is 2. The molecule has 2 aromatic carbocycles.